The molecule has 0 bridgehead atoms. The third kappa shape index (κ3) is 11.0. The summed E-state index contributed by atoms with van der Waals surface area (Å²) in [6, 6.07) is -4.40. The van der Waals surface area contributed by atoms with Gasteiger partial charge < -0.3 is 26.6 Å². The topological polar surface area (TPSA) is 168 Å². The molecule has 0 aromatic rings. The van der Waals surface area contributed by atoms with Gasteiger partial charge in [0.1, 0.15) is 12.1 Å². The van der Waals surface area contributed by atoms with Crippen LogP contribution in [0.5, 0.6) is 0 Å². The standard InChI is InChI=1S/C33H53N5O6S/c1-10-20(6)27(45-17-18(2)3)26(40)24(19(4)5)36-32(44)37-28(33(7,8)9)31(43)38-15-11-12-23(38)30(42)35-22(16-21-13-14-21)25(39)29(34)41/h17,19,21-24,28H,10-16H2,1-9H3,(H2,34,41)(H,35,42)(H2,36,37,44)/b27-20+. The van der Waals surface area contributed by atoms with E-state index in [1.54, 1.807) is 0 Å². The second kappa shape index (κ2) is 16.4. The highest BCUT2D eigenvalue weighted by molar-refractivity contribution is 8.06. The number of rotatable bonds is 15. The van der Waals surface area contributed by atoms with E-state index in [9.17, 15) is 28.8 Å². The zero-order chi connectivity index (χ0) is 34.2. The van der Waals surface area contributed by atoms with Gasteiger partial charge in [-0.15, -0.1) is 0 Å². The lowest BCUT2D eigenvalue weighted by atomic mass is 9.85. The molecule has 2 fully saturated rings. The first kappa shape index (κ1) is 38.0. The minimum atomic E-state index is -1.11. The third-order valence-electron chi connectivity index (χ3n) is 8.16. The molecule has 12 heteroatoms. The number of carbonyl (C=O) groups excluding carboxylic acids is 6. The van der Waals surface area contributed by atoms with Gasteiger partial charge in [-0.05, 0) is 69.1 Å². The molecule has 252 valence electrons. The zero-order valence-corrected chi connectivity index (χ0v) is 29.2. The van der Waals surface area contributed by atoms with Crippen molar-refractivity contribution in [2.75, 3.05) is 6.54 Å². The van der Waals surface area contributed by atoms with Gasteiger partial charge in [0, 0.05) is 6.54 Å². The molecule has 4 unspecified atom stereocenters. The second-order valence-corrected chi connectivity index (χ2v) is 14.8. The number of likely N-dealkylation sites (tertiary alicyclic amines) is 1. The quantitative estimate of drug-likeness (QED) is 0.154. The summed E-state index contributed by atoms with van der Waals surface area (Å²) in [5.74, 6) is -3.09. The number of Topliss-reactive ketones (excluding diaryl/α,β-unsaturated/α-hetero) is 2. The first-order chi connectivity index (χ1) is 20.9. The highest BCUT2D eigenvalue weighted by Gasteiger charge is 2.43. The van der Waals surface area contributed by atoms with Gasteiger partial charge in [0.05, 0.1) is 17.0 Å². The highest BCUT2D eigenvalue weighted by Crippen LogP contribution is 2.34. The Bertz CT molecular complexity index is 1210. The number of allylic oxidation sites excluding steroid dienone is 2. The van der Waals surface area contributed by atoms with Gasteiger partial charge in [-0.25, -0.2) is 4.79 Å². The van der Waals surface area contributed by atoms with Crippen LogP contribution in [0.15, 0.2) is 21.5 Å². The van der Waals surface area contributed by atoms with Crippen molar-refractivity contribution in [3.8, 4) is 0 Å². The summed E-state index contributed by atoms with van der Waals surface area (Å²) >= 11 is 1.35. The maximum atomic E-state index is 14.0. The van der Waals surface area contributed by atoms with E-state index in [0.717, 1.165) is 24.0 Å². The van der Waals surface area contributed by atoms with Gasteiger partial charge >= 0.3 is 6.03 Å². The predicted molar refractivity (Wildman–Crippen MR) is 177 cm³/mol. The van der Waals surface area contributed by atoms with Crippen molar-refractivity contribution in [3.05, 3.63) is 21.5 Å². The lowest BCUT2D eigenvalue weighted by Gasteiger charge is -2.36. The molecule has 1 aliphatic heterocycles. The molecule has 1 saturated heterocycles. The van der Waals surface area contributed by atoms with Crippen LogP contribution in [-0.2, 0) is 24.0 Å². The van der Waals surface area contributed by atoms with Crippen LogP contribution in [0.1, 0.15) is 101 Å². The molecule has 11 nitrogen and oxygen atoms in total. The largest absolute Gasteiger partial charge is 0.363 e. The fourth-order valence-electron chi connectivity index (χ4n) is 5.17. The smallest absolute Gasteiger partial charge is 0.316 e. The van der Waals surface area contributed by atoms with E-state index in [-0.39, 0.29) is 17.6 Å². The Kier molecular flexibility index (Phi) is 13.9. The molecule has 45 heavy (non-hydrogen) atoms. The van der Waals surface area contributed by atoms with E-state index in [1.165, 1.54) is 16.7 Å². The molecule has 1 saturated carbocycles. The number of amides is 5. The Morgan fingerprint density at radius 3 is 2.07 bits per heavy atom. The third-order valence-corrected chi connectivity index (χ3v) is 9.53. The van der Waals surface area contributed by atoms with Crippen molar-refractivity contribution in [1.82, 2.24) is 20.9 Å². The van der Waals surface area contributed by atoms with Crippen molar-refractivity contribution in [2.45, 2.75) is 125 Å². The Morgan fingerprint density at radius 1 is 0.956 bits per heavy atom. The molecule has 4 atom stereocenters. The molecule has 0 aromatic carbocycles. The maximum absolute atomic E-state index is 14.0. The normalized spacial score (nSPS) is 19.2. The SMILES string of the molecule is CC/C(C)=C(/SC=C(C)C)C(=O)C(NC(=O)NC(C(=O)N1CCCC1C(=O)NC(CC1CC1)C(=O)C(N)=O)C(C)(C)C)C(C)C. The van der Waals surface area contributed by atoms with Crippen LogP contribution in [-0.4, -0.2) is 70.9 Å². The first-order valence-electron chi connectivity index (χ1n) is 15.9. The lowest BCUT2D eigenvalue weighted by molar-refractivity contribution is -0.143. The summed E-state index contributed by atoms with van der Waals surface area (Å²) in [7, 11) is 0. The highest BCUT2D eigenvalue weighted by atomic mass is 32.2. The number of nitrogens with zero attached hydrogens (tertiary/aromatic N) is 1. The van der Waals surface area contributed by atoms with Gasteiger partial charge in [-0.1, -0.05) is 77.3 Å². The number of hydrogen-bond donors (Lipinski definition) is 4. The summed E-state index contributed by atoms with van der Waals surface area (Å²) < 4.78 is 0. The molecule has 2 rings (SSSR count). The van der Waals surface area contributed by atoms with Crippen LogP contribution >= 0.6 is 11.8 Å². The van der Waals surface area contributed by atoms with Gasteiger partial charge in [0.25, 0.3) is 5.91 Å². The number of ketones is 2. The van der Waals surface area contributed by atoms with Crippen molar-refractivity contribution in [1.29, 1.82) is 0 Å². The van der Waals surface area contributed by atoms with Crippen LogP contribution in [0.4, 0.5) is 4.79 Å². The number of nitrogens with two attached hydrogens (primary N) is 1. The van der Waals surface area contributed by atoms with E-state index in [1.807, 2.05) is 67.7 Å². The monoisotopic (exact) mass is 647 g/mol. The van der Waals surface area contributed by atoms with E-state index in [4.69, 9.17) is 5.73 Å². The average Bonchev–Trinajstić information content (AvgIpc) is 3.63. The van der Waals surface area contributed by atoms with Crippen LogP contribution in [0.25, 0.3) is 0 Å². The molecule has 1 heterocycles. The molecule has 0 aromatic heterocycles. The van der Waals surface area contributed by atoms with E-state index in [0.29, 0.717) is 37.1 Å². The molecular formula is C33H53N5O6S. The van der Waals surface area contributed by atoms with Crippen molar-refractivity contribution >= 4 is 47.1 Å². The van der Waals surface area contributed by atoms with Crippen molar-refractivity contribution in [3.63, 3.8) is 0 Å². The summed E-state index contributed by atoms with van der Waals surface area (Å²) in [6.45, 7) is 17.2. The Labute approximate surface area is 272 Å². The van der Waals surface area contributed by atoms with E-state index in [2.05, 4.69) is 16.0 Å². The van der Waals surface area contributed by atoms with Crippen LogP contribution < -0.4 is 21.7 Å². The zero-order valence-electron chi connectivity index (χ0n) is 28.4. The van der Waals surface area contributed by atoms with Crippen LogP contribution in [0.3, 0.4) is 0 Å². The van der Waals surface area contributed by atoms with Crippen LogP contribution in [0, 0.1) is 17.3 Å². The van der Waals surface area contributed by atoms with E-state index >= 15 is 0 Å². The predicted octanol–water partition coefficient (Wildman–Crippen LogP) is 3.97. The molecule has 5 amide bonds. The number of nitrogens with one attached hydrogen (secondary N) is 3. The molecular weight excluding hydrogens is 594 g/mol. The summed E-state index contributed by atoms with van der Waals surface area (Å²) in [5, 5.41) is 10.2. The summed E-state index contributed by atoms with van der Waals surface area (Å²) in [6.07, 6.45) is 3.79. The van der Waals surface area contributed by atoms with Gasteiger partial charge in [0.2, 0.25) is 17.6 Å². The van der Waals surface area contributed by atoms with Gasteiger partial charge in [-0.3, -0.25) is 24.0 Å². The summed E-state index contributed by atoms with van der Waals surface area (Å²) in [4.78, 5) is 80.5. The fraction of sp³-hybridized carbons (Fsp3) is 0.697. The Hall–Kier alpha value is -3.15. The molecule has 0 spiro atoms. The fourth-order valence-corrected chi connectivity index (χ4v) is 6.11. The number of thioether (sulfide) groups is 1. The number of hydrogen-bond acceptors (Lipinski definition) is 7. The molecule has 5 N–H and O–H groups in total. The summed E-state index contributed by atoms with van der Waals surface area (Å²) in [5.41, 5.74) is 6.47. The second-order valence-electron chi connectivity index (χ2n) is 13.9. The van der Waals surface area contributed by atoms with Crippen molar-refractivity contribution in [2.24, 2.45) is 23.0 Å². The average molecular weight is 648 g/mol. The molecule has 2 aliphatic rings. The minimum Gasteiger partial charge on any atom is -0.363 e. The van der Waals surface area contributed by atoms with Gasteiger partial charge in [0.15, 0.2) is 5.78 Å². The Morgan fingerprint density at radius 2 is 1.58 bits per heavy atom. The van der Waals surface area contributed by atoms with E-state index < -0.39 is 59.1 Å². The van der Waals surface area contributed by atoms with Gasteiger partial charge in [-0.2, -0.15) is 0 Å². The minimum absolute atomic E-state index is 0.192. The first-order valence-corrected chi connectivity index (χ1v) is 16.8. The van der Waals surface area contributed by atoms with Crippen LogP contribution in [0.2, 0.25) is 0 Å². The number of urea groups is 1. The number of primary amides is 1. The Balaban J connectivity index is 2.24. The molecule has 0 radical (unpaired) electrons. The molecule has 1 aliphatic carbocycles. The van der Waals surface area contributed by atoms with Crippen molar-refractivity contribution < 1.29 is 28.8 Å². The maximum Gasteiger partial charge on any atom is 0.316 e. The lowest BCUT2D eigenvalue weighted by Crippen LogP contribution is -2.61. The number of carbonyl (C=O) groups is 6.